The molecule has 0 bridgehead atoms. The van der Waals surface area contributed by atoms with Crippen LogP contribution in [0.5, 0.6) is 0 Å². The second-order valence-electron chi connectivity index (χ2n) is 10.4. The molecule has 0 radical (unpaired) electrons. The highest BCUT2D eigenvalue weighted by Crippen LogP contribution is 2.36. The molecule has 0 unspecified atom stereocenters. The molecule has 0 saturated carbocycles. The van der Waals surface area contributed by atoms with Gasteiger partial charge in [-0.05, 0) is 23.0 Å². The zero-order chi connectivity index (χ0) is 27.9. The first kappa shape index (κ1) is 26.9. The van der Waals surface area contributed by atoms with Gasteiger partial charge in [-0.2, -0.15) is 0 Å². The lowest BCUT2D eigenvalue weighted by Gasteiger charge is -2.21. The molecule has 0 saturated heterocycles. The van der Waals surface area contributed by atoms with Crippen LogP contribution in [-0.2, 0) is 0 Å². The third-order valence-corrected chi connectivity index (χ3v) is 7.62. The number of hydrogen-bond donors (Lipinski definition) is 4. The number of benzene rings is 1. The number of aliphatic hydroxyl groups excluding tert-OH is 4. The molecule has 0 aromatic heterocycles. The summed E-state index contributed by atoms with van der Waals surface area (Å²) in [4.78, 5) is 0. The summed E-state index contributed by atoms with van der Waals surface area (Å²) in [6, 6.07) is 8.12. The summed E-state index contributed by atoms with van der Waals surface area (Å²) < 4.78 is 0. The smallest absolute Gasteiger partial charge is 0.100 e. The SMILES string of the molecule is OC(CC(CC(O)=C1C=CC=C1)c1ccc(C(CC(O)=C2C=CC=C2)CC(O)=C2C=CC=C2)cc1)=C1C=CC=C1. The minimum Gasteiger partial charge on any atom is -0.512 e. The predicted octanol–water partition coefficient (Wildman–Crippen LogP) is 9.17. The van der Waals surface area contributed by atoms with Gasteiger partial charge < -0.3 is 20.4 Å². The largest absolute Gasteiger partial charge is 0.512 e. The van der Waals surface area contributed by atoms with E-state index in [1.54, 1.807) is 0 Å². The fourth-order valence-corrected chi connectivity index (χ4v) is 5.33. The Morgan fingerprint density at radius 1 is 0.375 bits per heavy atom. The van der Waals surface area contributed by atoms with Crippen molar-refractivity contribution in [2.45, 2.75) is 37.5 Å². The molecule has 4 aliphatic carbocycles. The highest BCUT2D eigenvalue weighted by atomic mass is 16.3. The molecule has 0 heterocycles. The van der Waals surface area contributed by atoms with Crippen LogP contribution in [0.15, 0.2) is 167 Å². The molecule has 0 atom stereocenters. The second-order valence-corrected chi connectivity index (χ2v) is 10.4. The Balaban J connectivity index is 1.43. The van der Waals surface area contributed by atoms with Gasteiger partial charge >= 0.3 is 0 Å². The van der Waals surface area contributed by atoms with Crippen LogP contribution in [0.4, 0.5) is 0 Å². The van der Waals surface area contributed by atoms with E-state index in [1.807, 2.05) is 121 Å². The summed E-state index contributed by atoms with van der Waals surface area (Å²) in [5, 5.41) is 43.5. The van der Waals surface area contributed by atoms with E-state index in [0.717, 1.165) is 33.4 Å². The first-order chi connectivity index (χ1) is 19.5. The van der Waals surface area contributed by atoms with Gasteiger partial charge in [0.1, 0.15) is 23.0 Å². The van der Waals surface area contributed by atoms with Gasteiger partial charge in [0.2, 0.25) is 0 Å². The Morgan fingerprint density at radius 2 is 0.575 bits per heavy atom. The monoisotopic (exact) mass is 530 g/mol. The number of allylic oxidation sites excluding steroid dienone is 24. The minimum absolute atomic E-state index is 0.147. The fourth-order valence-electron chi connectivity index (χ4n) is 5.33. The highest BCUT2D eigenvalue weighted by Gasteiger charge is 2.22. The minimum atomic E-state index is -0.147. The van der Waals surface area contributed by atoms with Gasteiger partial charge in [-0.1, -0.05) is 121 Å². The Kier molecular flexibility index (Phi) is 8.36. The molecular weight excluding hydrogens is 496 g/mol. The van der Waals surface area contributed by atoms with E-state index in [0.29, 0.717) is 25.7 Å². The Hall–Kier alpha value is -4.70. The average Bonchev–Trinajstić information content (AvgIpc) is 3.80. The van der Waals surface area contributed by atoms with Crippen LogP contribution >= 0.6 is 0 Å². The maximum Gasteiger partial charge on any atom is 0.100 e. The molecule has 0 amide bonds. The van der Waals surface area contributed by atoms with Crippen LogP contribution < -0.4 is 0 Å². The first-order valence-corrected chi connectivity index (χ1v) is 13.6. The van der Waals surface area contributed by atoms with E-state index in [4.69, 9.17) is 0 Å². The number of rotatable bonds is 10. The fraction of sp³-hybridized carbons (Fsp3) is 0.167. The molecule has 1 aromatic carbocycles. The third-order valence-electron chi connectivity index (χ3n) is 7.62. The van der Waals surface area contributed by atoms with Crippen molar-refractivity contribution < 1.29 is 20.4 Å². The van der Waals surface area contributed by atoms with Crippen LogP contribution in [0.1, 0.15) is 48.6 Å². The predicted molar refractivity (Wildman–Crippen MR) is 162 cm³/mol. The van der Waals surface area contributed by atoms with Crippen LogP contribution in [0.2, 0.25) is 0 Å². The van der Waals surface area contributed by atoms with Crippen molar-refractivity contribution in [3.8, 4) is 0 Å². The summed E-state index contributed by atoms with van der Waals surface area (Å²) in [6.07, 6.45) is 31.7. The summed E-state index contributed by atoms with van der Waals surface area (Å²) >= 11 is 0. The van der Waals surface area contributed by atoms with Crippen molar-refractivity contribution in [1.29, 1.82) is 0 Å². The van der Waals surface area contributed by atoms with Crippen molar-refractivity contribution in [3.05, 3.63) is 178 Å². The maximum absolute atomic E-state index is 10.9. The van der Waals surface area contributed by atoms with E-state index in [2.05, 4.69) is 0 Å². The topological polar surface area (TPSA) is 80.9 Å². The molecule has 0 aliphatic heterocycles. The van der Waals surface area contributed by atoms with Gasteiger partial charge in [0.05, 0.1) is 0 Å². The van der Waals surface area contributed by atoms with Crippen LogP contribution in [0.25, 0.3) is 0 Å². The Labute approximate surface area is 235 Å². The lowest BCUT2D eigenvalue weighted by atomic mass is 9.85. The van der Waals surface area contributed by atoms with E-state index in [9.17, 15) is 20.4 Å². The summed E-state index contributed by atoms with van der Waals surface area (Å²) in [5.41, 5.74) is 5.12. The molecule has 0 spiro atoms. The van der Waals surface area contributed by atoms with Crippen LogP contribution in [0, 0.1) is 0 Å². The first-order valence-electron chi connectivity index (χ1n) is 13.6. The lowest BCUT2D eigenvalue weighted by molar-refractivity contribution is 0.338. The van der Waals surface area contributed by atoms with Gasteiger partial charge in [-0.3, -0.25) is 0 Å². The highest BCUT2D eigenvalue weighted by molar-refractivity contribution is 5.46. The average molecular weight is 531 g/mol. The molecule has 4 heteroatoms. The molecule has 202 valence electrons. The van der Waals surface area contributed by atoms with Gasteiger partial charge in [0.25, 0.3) is 0 Å². The number of hydrogen-bond acceptors (Lipinski definition) is 4. The summed E-state index contributed by atoms with van der Waals surface area (Å²) in [6.45, 7) is 0. The van der Waals surface area contributed by atoms with E-state index < -0.39 is 0 Å². The molecule has 5 rings (SSSR count). The van der Waals surface area contributed by atoms with Crippen molar-refractivity contribution in [1.82, 2.24) is 0 Å². The van der Waals surface area contributed by atoms with Crippen molar-refractivity contribution in [2.24, 2.45) is 0 Å². The van der Waals surface area contributed by atoms with Crippen LogP contribution in [-0.4, -0.2) is 20.4 Å². The Bertz CT molecular complexity index is 1250. The standard InChI is InChI=1S/C36H34O4/c37-33(27-9-1-2-10-27)21-31(22-34(38)28-11-3-4-12-28)25-17-19-26(20-18-25)32(23-35(39)29-13-5-6-14-29)24-36(40)30-15-7-8-16-30/h1-20,31-32,37-40H,21-24H2. The summed E-state index contributed by atoms with van der Waals surface area (Å²) in [7, 11) is 0. The third kappa shape index (κ3) is 6.47. The zero-order valence-electron chi connectivity index (χ0n) is 22.3. The van der Waals surface area contributed by atoms with Crippen molar-refractivity contribution in [3.63, 3.8) is 0 Å². The molecule has 1 aromatic rings. The van der Waals surface area contributed by atoms with Gasteiger partial charge in [0.15, 0.2) is 0 Å². The van der Waals surface area contributed by atoms with Gasteiger partial charge in [-0.15, -0.1) is 0 Å². The van der Waals surface area contributed by atoms with Crippen molar-refractivity contribution >= 4 is 0 Å². The normalized spacial score (nSPS) is 16.2. The van der Waals surface area contributed by atoms with Gasteiger partial charge in [-0.25, -0.2) is 0 Å². The molecular formula is C36H34O4. The van der Waals surface area contributed by atoms with Crippen molar-refractivity contribution in [2.75, 3.05) is 0 Å². The molecule has 4 aliphatic rings. The quantitative estimate of drug-likeness (QED) is 0.227. The molecule has 4 nitrogen and oxygen atoms in total. The second kappa shape index (κ2) is 12.4. The van der Waals surface area contributed by atoms with E-state index in [-0.39, 0.29) is 34.9 Å². The van der Waals surface area contributed by atoms with E-state index >= 15 is 0 Å². The van der Waals surface area contributed by atoms with E-state index in [1.165, 1.54) is 0 Å². The maximum atomic E-state index is 10.9. The molecule has 0 fully saturated rings. The van der Waals surface area contributed by atoms with Gasteiger partial charge in [0, 0.05) is 48.0 Å². The number of aliphatic hydroxyl groups is 4. The zero-order valence-corrected chi connectivity index (χ0v) is 22.3. The lowest BCUT2D eigenvalue weighted by Crippen LogP contribution is -2.07. The Morgan fingerprint density at radius 3 is 0.775 bits per heavy atom. The van der Waals surface area contributed by atoms with Crippen LogP contribution in [0.3, 0.4) is 0 Å². The summed E-state index contributed by atoms with van der Waals surface area (Å²) in [5.74, 6) is 0.856. The molecule has 40 heavy (non-hydrogen) atoms. The molecule has 4 N–H and O–H groups in total.